The Balaban J connectivity index is -0.00000112. The molecule has 8 N–H and O–H groups in total. The second-order valence-corrected chi connectivity index (χ2v) is 4.10. The number of rotatable bonds is 10. The van der Waals surface area contributed by atoms with Crippen molar-refractivity contribution in [3.8, 4) is 0 Å². The standard InChI is InChI=1S/C12H22O4.2H3N/c1-2-3-4-5-6-7-8-9-10(11(13)14)12(15)16;;/h10H,2-9H2,1H3,(H,13,14)(H,15,16);2*1H3. The first-order chi connectivity index (χ1) is 7.59. The lowest BCUT2D eigenvalue weighted by Crippen LogP contribution is -2.43. The molecule has 6 heteroatoms. The van der Waals surface area contributed by atoms with Gasteiger partial charge in [0.05, 0.1) is 11.9 Å². The zero-order valence-corrected chi connectivity index (χ0v) is 11.9. The summed E-state index contributed by atoms with van der Waals surface area (Å²) < 4.78 is 0. The number of carboxylic acid groups (broad SMARTS) is 2. The molecule has 0 aliphatic heterocycles. The zero-order valence-electron chi connectivity index (χ0n) is 11.9. The summed E-state index contributed by atoms with van der Waals surface area (Å²) in [7, 11) is 0. The van der Waals surface area contributed by atoms with Crippen molar-refractivity contribution in [3.63, 3.8) is 0 Å². The van der Waals surface area contributed by atoms with Crippen LogP contribution in [0.25, 0.3) is 0 Å². The largest absolute Gasteiger partial charge is 0.549 e. The van der Waals surface area contributed by atoms with Crippen molar-refractivity contribution >= 4 is 11.9 Å². The number of hydrogen-bond acceptors (Lipinski definition) is 4. The van der Waals surface area contributed by atoms with Gasteiger partial charge in [-0.1, -0.05) is 51.9 Å². The Bertz CT molecular complexity index is 208. The molecule has 0 bridgehead atoms. The van der Waals surface area contributed by atoms with E-state index in [2.05, 4.69) is 6.92 Å². The lowest BCUT2D eigenvalue weighted by atomic mass is 10.0. The molecular formula is C12H28N2O4. The summed E-state index contributed by atoms with van der Waals surface area (Å²) in [4.78, 5) is 20.8. The van der Waals surface area contributed by atoms with Gasteiger partial charge in [-0.3, -0.25) is 0 Å². The minimum Gasteiger partial charge on any atom is -0.549 e. The first kappa shape index (κ1) is 22.1. The van der Waals surface area contributed by atoms with Crippen LogP contribution in [0.4, 0.5) is 0 Å². The van der Waals surface area contributed by atoms with Crippen LogP contribution in [0.15, 0.2) is 0 Å². The third-order valence-corrected chi connectivity index (χ3v) is 2.67. The minimum atomic E-state index is -1.54. The zero-order chi connectivity index (χ0) is 12.4. The van der Waals surface area contributed by atoms with Crippen LogP contribution in [-0.4, -0.2) is 11.9 Å². The molecule has 0 saturated carbocycles. The van der Waals surface area contributed by atoms with E-state index in [9.17, 15) is 19.8 Å². The molecule has 110 valence electrons. The highest BCUT2D eigenvalue weighted by molar-refractivity contribution is 5.90. The molecule has 0 heterocycles. The van der Waals surface area contributed by atoms with Gasteiger partial charge in [0.1, 0.15) is 0 Å². The van der Waals surface area contributed by atoms with Crippen molar-refractivity contribution in [2.75, 3.05) is 0 Å². The molecule has 0 unspecified atom stereocenters. The monoisotopic (exact) mass is 264 g/mol. The molecule has 0 fully saturated rings. The fraction of sp³-hybridized carbons (Fsp3) is 0.833. The number of unbranched alkanes of at least 4 members (excludes halogenated alkanes) is 6. The highest BCUT2D eigenvalue weighted by Crippen LogP contribution is 2.12. The summed E-state index contributed by atoms with van der Waals surface area (Å²) in [5.74, 6) is -4.52. The number of hydrogen-bond donors (Lipinski definition) is 2. The van der Waals surface area contributed by atoms with Gasteiger partial charge in [0.25, 0.3) is 0 Å². The van der Waals surface area contributed by atoms with Gasteiger partial charge in [-0.15, -0.1) is 0 Å². The van der Waals surface area contributed by atoms with Gasteiger partial charge in [-0.2, -0.15) is 0 Å². The molecule has 0 aromatic heterocycles. The van der Waals surface area contributed by atoms with E-state index in [0.29, 0.717) is 6.42 Å². The maximum absolute atomic E-state index is 10.4. The van der Waals surface area contributed by atoms with Gasteiger partial charge in [0, 0.05) is 5.92 Å². The summed E-state index contributed by atoms with van der Waals surface area (Å²) in [5.41, 5.74) is 0. The topological polar surface area (TPSA) is 153 Å². The molecule has 0 radical (unpaired) electrons. The predicted octanol–water partition coefficient (Wildman–Crippen LogP) is 0.996. The fourth-order valence-electron chi connectivity index (χ4n) is 1.64. The maximum atomic E-state index is 10.4. The van der Waals surface area contributed by atoms with Crippen LogP contribution in [0.2, 0.25) is 0 Å². The number of quaternary nitrogens is 2. The lowest BCUT2D eigenvalue weighted by Gasteiger charge is -2.18. The van der Waals surface area contributed by atoms with Crippen LogP contribution in [-0.2, 0) is 9.59 Å². The number of carbonyl (C=O) groups excluding carboxylic acids is 2. The van der Waals surface area contributed by atoms with Crippen molar-refractivity contribution in [2.24, 2.45) is 5.92 Å². The van der Waals surface area contributed by atoms with Gasteiger partial charge in [-0.25, -0.2) is 0 Å². The van der Waals surface area contributed by atoms with Crippen LogP contribution in [0, 0.1) is 5.92 Å². The molecule has 6 nitrogen and oxygen atoms in total. The Morgan fingerprint density at radius 3 is 1.61 bits per heavy atom. The number of carbonyl (C=O) groups is 2. The summed E-state index contributed by atoms with van der Waals surface area (Å²) in [5, 5.41) is 20.8. The molecule has 0 aliphatic rings. The third-order valence-electron chi connectivity index (χ3n) is 2.67. The molecule has 0 spiro atoms. The number of carboxylic acids is 2. The fourth-order valence-corrected chi connectivity index (χ4v) is 1.64. The normalized spacial score (nSPS) is 9.44. The van der Waals surface area contributed by atoms with Crippen molar-refractivity contribution in [2.45, 2.75) is 58.3 Å². The summed E-state index contributed by atoms with van der Waals surface area (Å²) in [6, 6.07) is 0. The minimum absolute atomic E-state index is 0. The van der Waals surface area contributed by atoms with Crippen molar-refractivity contribution < 1.29 is 19.8 Å². The molecule has 18 heavy (non-hydrogen) atoms. The summed E-state index contributed by atoms with van der Waals surface area (Å²) in [6.07, 6.45) is 7.39. The van der Waals surface area contributed by atoms with E-state index in [1.54, 1.807) is 0 Å². The molecule has 0 aliphatic carbocycles. The Kier molecular flexibility index (Phi) is 17.1. The van der Waals surface area contributed by atoms with Gasteiger partial charge < -0.3 is 32.1 Å². The average Bonchev–Trinajstić information content (AvgIpc) is 2.21. The third kappa shape index (κ3) is 11.3. The Morgan fingerprint density at radius 2 is 1.22 bits per heavy atom. The molecule has 0 aromatic carbocycles. The van der Waals surface area contributed by atoms with Crippen LogP contribution in [0.5, 0.6) is 0 Å². The maximum Gasteiger partial charge on any atom is 0.0501 e. The van der Waals surface area contributed by atoms with Crippen LogP contribution in [0.3, 0.4) is 0 Å². The van der Waals surface area contributed by atoms with Gasteiger partial charge in [-0.05, 0) is 6.42 Å². The Morgan fingerprint density at radius 1 is 0.833 bits per heavy atom. The predicted molar refractivity (Wildman–Crippen MR) is 68.1 cm³/mol. The van der Waals surface area contributed by atoms with E-state index in [0.717, 1.165) is 19.3 Å². The van der Waals surface area contributed by atoms with E-state index >= 15 is 0 Å². The SMILES string of the molecule is CCCCCCCCCC(C(=O)[O-])C(=O)[O-].[NH4+].[NH4+]. The van der Waals surface area contributed by atoms with Crippen LogP contribution >= 0.6 is 0 Å². The second kappa shape index (κ2) is 13.9. The summed E-state index contributed by atoms with van der Waals surface area (Å²) in [6.45, 7) is 2.14. The molecule has 0 aromatic rings. The van der Waals surface area contributed by atoms with E-state index in [1.807, 2.05) is 0 Å². The Hall–Kier alpha value is -1.14. The quantitative estimate of drug-likeness (QED) is 0.446. The van der Waals surface area contributed by atoms with Crippen molar-refractivity contribution in [3.05, 3.63) is 0 Å². The van der Waals surface area contributed by atoms with E-state index in [4.69, 9.17) is 0 Å². The Labute approximate surface area is 109 Å². The van der Waals surface area contributed by atoms with Crippen LogP contribution in [0.1, 0.15) is 58.3 Å². The van der Waals surface area contributed by atoms with E-state index in [1.165, 1.54) is 19.3 Å². The molecule has 0 saturated heterocycles. The lowest BCUT2D eigenvalue weighted by molar-refractivity contribution is -0.332. The molecule has 0 rings (SSSR count). The van der Waals surface area contributed by atoms with Gasteiger partial charge >= 0.3 is 0 Å². The summed E-state index contributed by atoms with van der Waals surface area (Å²) >= 11 is 0. The van der Waals surface area contributed by atoms with Crippen LogP contribution < -0.4 is 22.5 Å². The molecular weight excluding hydrogens is 236 g/mol. The molecule has 0 atom stereocenters. The number of aliphatic carboxylic acids is 2. The van der Waals surface area contributed by atoms with Gasteiger partial charge in [0.15, 0.2) is 0 Å². The highest BCUT2D eigenvalue weighted by atomic mass is 16.4. The first-order valence-corrected chi connectivity index (χ1v) is 6.01. The first-order valence-electron chi connectivity index (χ1n) is 6.01. The average molecular weight is 264 g/mol. The second-order valence-electron chi connectivity index (χ2n) is 4.10. The molecule has 0 amide bonds. The highest BCUT2D eigenvalue weighted by Gasteiger charge is 2.10. The van der Waals surface area contributed by atoms with E-state index in [-0.39, 0.29) is 18.7 Å². The van der Waals surface area contributed by atoms with E-state index < -0.39 is 17.9 Å². The smallest absolute Gasteiger partial charge is 0.0501 e. The van der Waals surface area contributed by atoms with Gasteiger partial charge in [0.2, 0.25) is 0 Å². The van der Waals surface area contributed by atoms with Crippen molar-refractivity contribution in [1.82, 2.24) is 12.3 Å². The van der Waals surface area contributed by atoms with Crippen molar-refractivity contribution in [1.29, 1.82) is 0 Å².